The molecule has 7 nitrogen and oxygen atoms in total. The van der Waals surface area contributed by atoms with E-state index < -0.39 is 12.0 Å². The zero-order chi connectivity index (χ0) is 20.6. The molecule has 0 saturated heterocycles. The van der Waals surface area contributed by atoms with Crippen LogP contribution < -0.4 is 10.6 Å². The molecule has 3 rings (SSSR count). The van der Waals surface area contributed by atoms with Crippen LogP contribution in [0.5, 0.6) is 0 Å². The maximum Gasteiger partial charge on any atom is 0.329 e. The molecule has 0 unspecified atom stereocenters. The predicted octanol–water partition coefficient (Wildman–Crippen LogP) is 2.45. The van der Waals surface area contributed by atoms with Gasteiger partial charge in [-0.25, -0.2) is 4.79 Å². The first-order valence-electron chi connectivity index (χ1n) is 10.3. The topological polar surface area (TPSA) is 100 Å². The number of nitrogens with one attached hydrogen (secondary N) is 3. The van der Waals surface area contributed by atoms with Crippen LogP contribution in [0.3, 0.4) is 0 Å². The number of ether oxygens (including phenoxy) is 1. The summed E-state index contributed by atoms with van der Waals surface area (Å²) in [5.41, 5.74) is 1.86. The van der Waals surface area contributed by atoms with Crippen molar-refractivity contribution in [3.63, 3.8) is 0 Å². The third-order valence-electron chi connectivity index (χ3n) is 5.42. The van der Waals surface area contributed by atoms with Crippen LogP contribution in [0.2, 0.25) is 0 Å². The van der Waals surface area contributed by atoms with Gasteiger partial charge in [0.25, 0.3) is 5.91 Å². The van der Waals surface area contributed by atoms with Crippen LogP contribution in [0.25, 0.3) is 10.9 Å². The van der Waals surface area contributed by atoms with Crippen molar-refractivity contribution in [1.82, 2.24) is 15.6 Å². The fraction of sp³-hybridized carbons (Fsp3) is 0.500. The van der Waals surface area contributed by atoms with Crippen molar-refractivity contribution in [2.24, 2.45) is 5.92 Å². The van der Waals surface area contributed by atoms with Gasteiger partial charge in [-0.05, 0) is 30.4 Å². The molecule has 1 atom stereocenters. The SMILES string of the molecule is CC(=O)N[C@@H](Cc1c[nH]c2ccccc12)C(=O)OCC(=O)NCC1CCCCC1. The Bertz CT molecular complexity index is 855. The number of benzene rings is 1. The Kier molecular flexibility index (Phi) is 7.27. The van der Waals surface area contributed by atoms with E-state index in [-0.39, 0.29) is 24.8 Å². The Morgan fingerprint density at radius 3 is 2.69 bits per heavy atom. The molecule has 1 aliphatic carbocycles. The first kappa shape index (κ1) is 20.9. The molecule has 1 heterocycles. The maximum absolute atomic E-state index is 12.5. The molecule has 2 amide bonds. The van der Waals surface area contributed by atoms with Crippen LogP contribution in [-0.2, 0) is 25.5 Å². The van der Waals surface area contributed by atoms with Crippen molar-refractivity contribution in [3.8, 4) is 0 Å². The number of fused-ring (bicyclic) bond motifs is 1. The summed E-state index contributed by atoms with van der Waals surface area (Å²) in [4.78, 5) is 39.3. The molecular weight excluding hydrogens is 370 g/mol. The number of aromatic nitrogens is 1. The van der Waals surface area contributed by atoms with Gasteiger partial charge in [0.05, 0.1) is 0 Å². The van der Waals surface area contributed by atoms with Gasteiger partial charge in [-0.2, -0.15) is 0 Å². The summed E-state index contributed by atoms with van der Waals surface area (Å²) in [6.07, 6.45) is 8.06. The van der Waals surface area contributed by atoms with E-state index in [0.29, 0.717) is 12.5 Å². The fourth-order valence-corrected chi connectivity index (χ4v) is 3.90. The monoisotopic (exact) mass is 399 g/mol. The van der Waals surface area contributed by atoms with Crippen molar-refractivity contribution in [2.75, 3.05) is 13.2 Å². The Morgan fingerprint density at radius 2 is 1.93 bits per heavy atom. The highest BCUT2D eigenvalue weighted by Crippen LogP contribution is 2.22. The smallest absolute Gasteiger partial charge is 0.329 e. The van der Waals surface area contributed by atoms with E-state index in [4.69, 9.17) is 4.74 Å². The predicted molar refractivity (Wildman–Crippen MR) is 110 cm³/mol. The maximum atomic E-state index is 12.5. The molecular formula is C22H29N3O4. The first-order chi connectivity index (χ1) is 14.0. The number of aromatic amines is 1. The van der Waals surface area contributed by atoms with E-state index in [1.807, 2.05) is 30.5 Å². The van der Waals surface area contributed by atoms with Crippen LogP contribution in [0.1, 0.15) is 44.6 Å². The second kappa shape index (κ2) is 10.1. The molecule has 1 fully saturated rings. The van der Waals surface area contributed by atoms with Crippen molar-refractivity contribution in [2.45, 2.75) is 51.5 Å². The third kappa shape index (κ3) is 6.07. The van der Waals surface area contributed by atoms with Crippen molar-refractivity contribution in [1.29, 1.82) is 0 Å². The minimum Gasteiger partial charge on any atom is -0.454 e. The van der Waals surface area contributed by atoms with E-state index in [9.17, 15) is 14.4 Å². The van der Waals surface area contributed by atoms with Gasteiger partial charge in [-0.15, -0.1) is 0 Å². The normalized spacial score (nSPS) is 15.6. The average Bonchev–Trinajstić information content (AvgIpc) is 3.13. The molecule has 0 aliphatic heterocycles. The van der Waals surface area contributed by atoms with Crippen molar-refractivity contribution in [3.05, 3.63) is 36.0 Å². The molecule has 1 aromatic carbocycles. The van der Waals surface area contributed by atoms with E-state index in [1.54, 1.807) is 0 Å². The molecule has 3 N–H and O–H groups in total. The summed E-state index contributed by atoms with van der Waals surface area (Å²) < 4.78 is 5.19. The molecule has 1 aromatic heterocycles. The van der Waals surface area contributed by atoms with Gasteiger partial charge in [0, 0.05) is 37.0 Å². The fourth-order valence-electron chi connectivity index (χ4n) is 3.90. The number of amides is 2. The number of H-pyrrole nitrogens is 1. The molecule has 29 heavy (non-hydrogen) atoms. The van der Waals surface area contributed by atoms with E-state index in [0.717, 1.165) is 29.3 Å². The first-order valence-corrected chi connectivity index (χ1v) is 10.3. The van der Waals surface area contributed by atoms with Gasteiger partial charge in [-0.1, -0.05) is 37.5 Å². The van der Waals surface area contributed by atoms with Crippen LogP contribution in [0, 0.1) is 5.92 Å². The Balaban J connectivity index is 1.53. The van der Waals surface area contributed by atoms with Crippen LogP contribution in [-0.4, -0.2) is 42.0 Å². The van der Waals surface area contributed by atoms with Gasteiger partial charge in [0.15, 0.2) is 6.61 Å². The molecule has 0 radical (unpaired) electrons. The minimum absolute atomic E-state index is 0.284. The summed E-state index contributed by atoms with van der Waals surface area (Å²) in [5, 5.41) is 6.47. The number of rotatable bonds is 8. The quantitative estimate of drug-likeness (QED) is 0.594. The van der Waals surface area contributed by atoms with Gasteiger partial charge in [0.2, 0.25) is 5.91 Å². The molecule has 1 aliphatic rings. The second-order valence-electron chi connectivity index (χ2n) is 7.73. The van der Waals surface area contributed by atoms with E-state index in [1.165, 1.54) is 26.2 Å². The van der Waals surface area contributed by atoms with Crippen LogP contribution in [0.15, 0.2) is 30.5 Å². The van der Waals surface area contributed by atoms with Crippen LogP contribution >= 0.6 is 0 Å². The second-order valence-corrected chi connectivity index (χ2v) is 7.73. The highest BCUT2D eigenvalue weighted by Gasteiger charge is 2.24. The van der Waals surface area contributed by atoms with Crippen molar-refractivity contribution < 1.29 is 19.1 Å². The zero-order valence-electron chi connectivity index (χ0n) is 16.8. The van der Waals surface area contributed by atoms with Gasteiger partial charge >= 0.3 is 5.97 Å². The number of hydrogen-bond acceptors (Lipinski definition) is 4. The number of esters is 1. The van der Waals surface area contributed by atoms with Gasteiger partial charge in [0.1, 0.15) is 6.04 Å². The molecule has 2 aromatic rings. The average molecular weight is 399 g/mol. The summed E-state index contributed by atoms with van der Waals surface area (Å²) in [6, 6.07) is 6.89. The summed E-state index contributed by atoms with van der Waals surface area (Å²) >= 11 is 0. The van der Waals surface area contributed by atoms with E-state index in [2.05, 4.69) is 15.6 Å². The third-order valence-corrected chi connectivity index (χ3v) is 5.42. The molecule has 1 saturated carbocycles. The molecule has 156 valence electrons. The molecule has 0 spiro atoms. The molecule has 0 bridgehead atoms. The lowest BCUT2D eigenvalue weighted by atomic mass is 9.89. The lowest BCUT2D eigenvalue weighted by Crippen LogP contribution is -2.43. The number of carbonyl (C=O) groups is 3. The van der Waals surface area contributed by atoms with Gasteiger partial charge < -0.3 is 20.4 Å². The Labute approximate surface area is 170 Å². The Morgan fingerprint density at radius 1 is 1.17 bits per heavy atom. The lowest BCUT2D eigenvalue weighted by molar-refractivity contribution is -0.151. The summed E-state index contributed by atoms with van der Waals surface area (Å²) in [5.74, 6) is -0.734. The van der Waals surface area contributed by atoms with E-state index >= 15 is 0 Å². The number of carbonyl (C=O) groups excluding carboxylic acids is 3. The zero-order valence-corrected chi connectivity index (χ0v) is 16.8. The summed E-state index contributed by atoms with van der Waals surface area (Å²) in [6.45, 7) is 1.64. The highest BCUT2D eigenvalue weighted by molar-refractivity contribution is 5.88. The number of hydrogen-bond donors (Lipinski definition) is 3. The van der Waals surface area contributed by atoms with Crippen molar-refractivity contribution >= 4 is 28.7 Å². The largest absolute Gasteiger partial charge is 0.454 e. The Hall–Kier alpha value is -2.83. The molecule has 7 heteroatoms. The van der Waals surface area contributed by atoms with Gasteiger partial charge in [-0.3, -0.25) is 9.59 Å². The number of para-hydroxylation sites is 1. The van der Waals surface area contributed by atoms with Crippen LogP contribution in [0.4, 0.5) is 0 Å². The highest BCUT2D eigenvalue weighted by atomic mass is 16.5. The summed E-state index contributed by atoms with van der Waals surface area (Å²) in [7, 11) is 0. The lowest BCUT2D eigenvalue weighted by Gasteiger charge is -2.21. The standard InChI is InChI=1S/C22H29N3O4/c1-15(26)25-20(11-17-13-23-19-10-6-5-9-18(17)19)22(28)29-14-21(27)24-12-16-7-3-2-4-8-16/h5-6,9-10,13,16,20,23H,2-4,7-8,11-12,14H2,1H3,(H,24,27)(H,25,26)/t20-/m0/s1. The minimum atomic E-state index is -0.849.